The summed E-state index contributed by atoms with van der Waals surface area (Å²) in [5, 5.41) is 5.60. The summed E-state index contributed by atoms with van der Waals surface area (Å²) in [5.41, 5.74) is 2.62. The molecule has 0 N–H and O–H groups in total. The van der Waals surface area contributed by atoms with Crippen molar-refractivity contribution in [1.29, 1.82) is 0 Å². The van der Waals surface area contributed by atoms with Gasteiger partial charge in [0, 0.05) is 13.1 Å². The van der Waals surface area contributed by atoms with E-state index in [-0.39, 0.29) is 9.94 Å². The van der Waals surface area contributed by atoms with Crippen LogP contribution in [0.15, 0.2) is 58.5 Å². The lowest BCUT2D eigenvalue weighted by Crippen LogP contribution is -2.45. The smallest absolute Gasteiger partial charge is 0.286 e. The summed E-state index contributed by atoms with van der Waals surface area (Å²) >= 11 is 0. The number of benzene rings is 2. The number of hydrogen-bond acceptors (Lipinski definition) is 5. The zero-order valence-electron chi connectivity index (χ0n) is 15.8. The number of anilines is 1. The number of para-hydroxylation sites is 1. The van der Waals surface area contributed by atoms with Crippen molar-refractivity contribution in [3.8, 4) is 0 Å². The lowest BCUT2D eigenvalue weighted by Gasteiger charge is -2.31. The number of sulfone groups is 1. The second-order valence-electron chi connectivity index (χ2n) is 7.28. The van der Waals surface area contributed by atoms with Gasteiger partial charge in [0.2, 0.25) is 14.9 Å². The average Bonchev–Trinajstić information content (AvgIpc) is 2.70. The van der Waals surface area contributed by atoms with E-state index in [1.54, 1.807) is 34.2 Å². The molecule has 1 fully saturated rings. The Balaban J connectivity index is 1.76. The number of hydrogen-bond donors (Lipinski definition) is 0. The lowest BCUT2D eigenvalue weighted by molar-refractivity contribution is -0.124. The van der Waals surface area contributed by atoms with E-state index >= 15 is 0 Å². The van der Waals surface area contributed by atoms with Crippen LogP contribution in [0.5, 0.6) is 0 Å². The van der Waals surface area contributed by atoms with E-state index in [0.717, 1.165) is 30.4 Å². The second kappa shape index (κ2) is 7.39. The van der Waals surface area contributed by atoms with E-state index in [1.807, 2.05) is 31.2 Å². The third-order valence-corrected chi connectivity index (χ3v) is 6.83. The number of amides is 1. The van der Waals surface area contributed by atoms with Crippen LogP contribution in [-0.2, 0) is 21.2 Å². The third kappa shape index (κ3) is 3.42. The Morgan fingerprint density at radius 1 is 1.04 bits per heavy atom. The summed E-state index contributed by atoms with van der Waals surface area (Å²) in [6.45, 7) is 3.55. The normalized spacial score (nSPS) is 18.4. The third-order valence-electron chi connectivity index (χ3n) is 5.14. The molecular weight excluding hydrogens is 374 g/mol. The molecule has 1 amide bonds. The molecule has 2 aliphatic heterocycles. The van der Waals surface area contributed by atoms with Crippen molar-refractivity contribution in [2.24, 2.45) is 5.10 Å². The molecule has 2 aliphatic rings. The Kier molecular flexibility index (Phi) is 4.93. The highest BCUT2D eigenvalue weighted by atomic mass is 32.2. The van der Waals surface area contributed by atoms with Gasteiger partial charge in [-0.1, -0.05) is 42.0 Å². The molecule has 0 radical (unpaired) electrons. The molecule has 2 aromatic rings. The maximum Gasteiger partial charge on any atom is 0.286 e. The van der Waals surface area contributed by atoms with Gasteiger partial charge in [0.05, 0.1) is 17.1 Å². The number of carbonyl (C=O) groups is 1. The Labute approximate surface area is 165 Å². The summed E-state index contributed by atoms with van der Waals surface area (Å²) in [4.78, 5) is 14.8. The van der Waals surface area contributed by atoms with Crippen LogP contribution in [0.3, 0.4) is 0 Å². The number of aryl methyl sites for hydroxylation is 1. The van der Waals surface area contributed by atoms with Gasteiger partial charge in [-0.25, -0.2) is 8.42 Å². The van der Waals surface area contributed by atoms with Crippen molar-refractivity contribution >= 4 is 26.5 Å². The predicted molar refractivity (Wildman–Crippen MR) is 109 cm³/mol. The van der Waals surface area contributed by atoms with E-state index in [9.17, 15) is 13.2 Å². The second-order valence-corrected chi connectivity index (χ2v) is 9.11. The van der Waals surface area contributed by atoms with Crippen LogP contribution in [0.4, 0.5) is 5.69 Å². The predicted octanol–water partition coefficient (Wildman–Crippen LogP) is 3.11. The Morgan fingerprint density at radius 2 is 1.79 bits per heavy atom. The average molecular weight is 398 g/mol. The van der Waals surface area contributed by atoms with E-state index < -0.39 is 15.7 Å². The van der Waals surface area contributed by atoms with Crippen molar-refractivity contribution in [2.45, 2.75) is 37.6 Å². The molecule has 28 heavy (non-hydrogen) atoms. The molecule has 7 heteroatoms. The minimum atomic E-state index is -3.95. The maximum absolute atomic E-state index is 13.1. The highest BCUT2D eigenvalue weighted by Gasteiger charge is 2.39. The van der Waals surface area contributed by atoms with Gasteiger partial charge >= 0.3 is 0 Å². The van der Waals surface area contributed by atoms with E-state index in [2.05, 4.69) is 5.10 Å². The van der Waals surface area contributed by atoms with Gasteiger partial charge in [-0.15, -0.1) is 0 Å². The SMILES string of the molecule is Cc1cccc(CN2N=C(C(=O)N3CCCCC3)S(=O)(=O)c3ccccc32)c1. The van der Waals surface area contributed by atoms with Crippen LogP contribution in [0, 0.1) is 6.92 Å². The van der Waals surface area contributed by atoms with Crippen molar-refractivity contribution in [3.05, 3.63) is 59.7 Å². The first-order valence-electron chi connectivity index (χ1n) is 9.52. The highest BCUT2D eigenvalue weighted by Crippen LogP contribution is 2.33. The molecule has 0 aliphatic carbocycles. The summed E-state index contributed by atoms with van der Waals surface area (Å²) in [7, 11) is -3.95. The van der Waals surface area contributed by atoms with Gasteiger partial charge in [0.25, 0.3) is 5.91 Å². The molecule has 4 rings (SSSR count). The minimum absolute atomic E-state index is 0.137. The molecular formula is C21H23N3O3S. The summed E-state index contributed by atoms with van der Waals surface area (Å²) in [6.07, 6.45) is 2.84. The molecule has 146 valence electrons. The molecule has 6 nitrogen and oxygen atoms in total. The molecule has 0 aromatic heterocycles. The summed E-state index contributed by atoms with van der Waals surface area (Å²) in [6, 6.07) is 14.7. The van der Waals surface area contributed by atoms with Gasteiger partial charge in [0.15, 0.2) is 0 Å². The molecule has 0 atom stereocenters. The van der Waals surface area contributed by atoms with Crippen molar-refractivity contribution in [3.63, 3.8) is 0 Å². The number of nitrogens with zero attached hydrogens (tertiary/aromatic N) is 3. The number of hydrazone groups is 1. The fourth-order valence-electron chi connectivity index (χ4n) is 3.71. The Morgan fingerprint density at radius 3 is 2.54 bits per heavy atom. The van der Waals surface area contributed by atoms with Crippen molar-refractivity contribution in [2.75, 3.05) is 18.1 Å². The number of likely N-dealkylation sites (tertiary alicyclic amines) is 1. The number of rotatable bonds is 3. The summed E-state index contributed by atoms with van der Waals surface area (Å²) < 4.78 is 26.3. The molecule has 0 spiro atoms. The van der Waals surface area contributed by atoms with Crippen LogP contribution in [-0.4, -0.2) is 37.4 Å². The number of carbonyl (C=O) groups excluding carboxylic acids is 1. The van der Waals surface area contributed by atoms with Crippen LogP contribution in [0.2, 0.25) is 0 Å². The zero-order valence-corrected chi connectivity index (χ0v) is 16.7. The monoisotopic (exact) mass is 397 g/mol. The zero-order chi connectivity index (χ0) is 19.7. The molecule has 1 saturated heterocycles. The first kappa shape index (κ1) is 18.7. The summed E-state index contributed by atoms with van der Waals surface area (Å²) in [5.74, 6) is -0.497. The van der Waals surface area contributed by atoms with Gasteiger partial charge in [0.1, 0.15) is 0 Å². The number of fused-ring (bicyclic) bond motifs is 1. The minimum Gasteiger partial charge on any atom is -0.337 e. The van der Waals surface area contributed by atoms with Gasteiger partial charge in [-0.3, -0.25) is 9.80 Å². The van der Waals surface area contributed by atoms with Crippen molar-refractivity contribution < 1.29 is 13.2 Å². The molecule has 0 saturated carbocycles. The largest absolute Gasteiger partial charge is 0.337 e. The maximum atomic E-state index is 13.1. The van der Waals surface area contributed by atoms with E-state index in [4.69, 9.17) is 0 Å². The van der Waals surface area contributed by atoms with Crippen molar-refractivity contribution in [1.82, 2.24) is 4.90 Å². The Bertz CT molecular complexity index is 1040. The molecule has 2 heterocycles. The van der Waals surface area contributed by atoms with E-state index in [1.165, 1.54) is 0 Å². The standard InChI is InChI=1S/C21H23N3O3S/c1-16-8-7-9-17(14-16)15-24-18-10-3-4-11-19(18)28(26,27)20(22-24)21(25)23-12-5-2-6-13-23/h3-4,7-11,14H,2,5-6,12-13,15H2,1H3. The first-order chi connectivity index (χ1) is 13.5. The molecule has 0 unspecified atom stereocenters. The fourth-order valence-corrected chi connectivity index (χ4v) is 5.19. The van der Waals surface area contributed by atoms with Crippen LogP contribution < -0.4 is 5.01 Å². The Hall–Kier alpha value is -2.67. The first-order valence-corrected chi connectivity index (χ1v) is 11.0. The van der Waals surface area contributed by atoms with E-state index in [0.29, 0.717) is 25.3 Å². The van der Waals surface area contributed by atoms with Gasteiger partial charge in [-0.05, 0) is 43.9 Å². The topological polar surface area (TPSA) is 70.1 Å². The highest BCUT2D eigenvalue weighted by molar-refractivity contribution is 8.08. The number of piperidine rings is 1. The van der Waals surface area contributed by atoms with Gasteiger partial charge < -0.3 is 4.90 Å². The fraction of sp³-hybridized carbons (Fsp3) is 0.333. The molecule has 0 bridgehead atoms. The molecule has 2 aromatic carbocycles. The quantitative estimate of drug-likeness (QED) is 0.798. The lowest BCUT2D eigenvalue weighted by atomic mass is 10.1. The van der Waals surface area contributed by atoms with Crippen LogP contribution >= 0.6 is 0 Å². The van der Waals surface area contributed by atoms with Crippen LogP contribution in [0.25, 0.3) is 0 Å². The van der Waals surface area contributed by atoms with Gasteiger partial charge in [-0.2, -0.15) is 5.10 Å². The van der Waals surface area contributed by atoms with Crippen LogP contribution in [0.1, 0.15) is 30.4 Å².